The number of aliphatic carboxylic acids is 1. The molecule has 0 radical (unpaired) electrons. The highest BCUT2D eigenvalue weighted by Crippen LogP contribution is 2.23. The summed E-state index contributed by atoms with van der Waals surface area (Å²) in [5.41, 5.74) is 0.892. The number of carbonyl (C=O) groups is 2. The van der Waals surface area contributed by atoms with Crippen molar-refractivity contribution in [3.63, 3.8) is 0 Å². The van der Waals surface area contributed by atoms with Crippen LogP contribution in [0.15, 0.2) is 28.9 Å². The normalized spacial score (nSPS) is 18.4. The van der Waals surface area contributed by atoms with E-state index in [1.807, 2.05) is 0 Å². The molecule has 2 aromatic rings. The van der Waals surface area contributed by atoms with Gasteiger partial charge < -0.3 is 14.4 Å². The van der Waals surface area contributed by atoms with Crippen molar-refractivity contribution in [1.82, 2.24) is 15.1 Å². The molecule has 1 atom stereocenters. The minimum absolute atomic E-state index is 0.0474. The first-order valence-electron chi connectivity index (χ1n) is 6.85. The maximum atomic E-state index is 12.6. The van der Waals surface area contributed by atoms with Gasteiger partial charge in [0.05, 0.1) is 18.7 Å². The van der Waals surface area contributed by atoms with Crippen LogP contribution in [0.5, 0.6) is 0 Å². The van der Waals surface area contributed by atoms with Gasteiger partial charge in [0.1, 0.15) is 5.69 Å². The molecular weight excluding hydrogens is 306 g/mol. The molecule has 1 saturated heterocycles. The molecule has 2 aromatic heterocycles. The number of rotatable bonds is 4. The van der Waals surface area contributed by atoms with Crippen molar-refractivity contribution in [3.05, 3.63) is 30.2 Å². The molecule has 1 fully saturated rings. The number of aromatic nitrogens is 2. The van der Waals surface area contributed by atoms with Crippen LogP contribution >= 0.6 is 11.8 Å². The number of thioether (sulfide) groups is 1. The number of H-pyrrole nitrogens is 1. The van der Waals surface area contributed by atoms with Crippen molar-refractivity contribution in [3.8, 4) is 11.5 Å². The van der Waals surface area contributed by atoms with Gasteiger partial charge in [-0.25, -0.2) is 0 Å². The van der Waals surface area contributed by atoms with Crippen LogP contribution in [0.3, 0.4) is 0 Å². The van der Waals surface area contributed by atoms with Crippen molar-refractivity contribution in [2.24, 2.45) is 0 Å². The van der Waals surface area contributed by atoms with Crippen LogP contribution in [0.1, 0.15) is 16.9 Å². The van der Waals surface area contributed by atoms with E-state index in [1.54, 1.807) is 41.1 Å². The molecule has 7 nitrogen and oxygen atoms in total. The molecule has 0 bridgehead atoms. The maximum absolute atomic E-state index is 12.6. The topological polar surface area (TPSA) is 99.4 Å². The van der Waals surface area contributed by atoms with Gasteiger partial charge in [-0.1, -0.05) is 0 Å². The molecule has 1 aliphatic rings. The number of aromatic amines is 1. The Labute approximate surface area is 130 Å². The minimum Gasteiger partial charge on any atom is -0.481 e. The molecule has 116 valence electrons. The highest BCUT2D eigenvalue weighted by Gasteiger charge is 2.30. The van der Waals surface area contributed by atoms with Crippen LogP contribution in [0.25, 0.3) is 11.5 Å². The summed E-state index contributed by atoms with van der Waals surface area (Å²) < 4.78 is 5.25. The molecule has 0 aliphatic carbocycles. The van der Waals surface area contributed by atoms with Crippen molar-refractivity contribution in [2.45, 2.75) is 12.5 Å². The van der Waals surface area contributed by atoms with Crippen LogP contribution in [0.4, 0.5) is 0 Å². The summed E-state index contributed by atoms with van der Waals surface area (Å²) in [4.78, 5) is 25.1. The van der Waals surface area contributed by atoms with E-state index in [0.717, 1.165) is 5.75 Å². The Morgan fingerprint density at radius 2 is 2.41 bits per heavy atom. The van der Waals surface area contributed by atoms with Gasteiger partial charge in [0.15, 0.2) is 11.5 Å². The highest BCUT2D eigenvalue weighted by atomic mass is 32.2. The second-order valence-corrected chi connectivity index (χ2v) is 6.12. The van der Waals surface area contributed by atoms with E-state index >= 15 is 0 Å². The Morgan fingerprint density at radius 3 is 3.14 bits per heavy atom. The fourth-order valence-electron chi connectivity index (χ4n) is 2.43. The summed E-state index contributed by atoms with van der Waals surface area (Å²) in [7, 11) is 0. The third-order valence-corrected chi connectivity index (χ3v) is 4.57. The number of hydrogen-bond acceptors (Lipinski definition) is 5. The maximum Gasteiger partial charge on any atom is 0.305 e. The summed E-state index contributed by atoms with van der Waals surface area (Å²) >= 11 is 1.66. The van der Waals surface area contributed by atoms with E-state index in [9.17, 15) is 9.59 Å². The van der Waals surface area contributed by atoms with Crippen LogP contribution < -0.4 is 0 Å². The average Bonchev–Trinajstić information content (AvgIpc) is 3.17. The first kappa shape index (κ1) is 14.7. The third kappa shape index (κ3) is 3.01. The van der Waals surface area contributed by atoms with E-state index in [0.29, 0.717) is 23.8 Å². The standard InChI is InChI=1S/C14H15N3O4S/c18-13(19)6-9-8-22-5-3-17(9)14(20)11-7-10(15-16-11)12-2-1-4-21-12/h1-2,4,7,9H,3,5-6,8H2,(H,15,16)(H,18,19). The van der Waals surface area contributed by atoms with E-state index in [2.05, 4.69) is 10.2 Å². The molecule has 0 aromatic carbocycles. The predicted molar refractivity (Wildman–Crippen MR) is 80.7 cm³/mol. The fraction of sp³-hybridized carbons (Fsp3) is 0.357. The van der Waals surface area contributed by atoms with Crippen molar-refractivity contribution < 1.29 is 19.1 Å². The second kappa shape index (κ2) is 6.27. The molecule has 1 aliphatic heterocycles. The van der Waals surface area contributed by atoms with Gasteiger partial charge in [-0.2, -0.15) is 16.9 Å². The molecule has 0 spiro atoms. The minimum atomic E-state index is -0.899. The van der Waals surface area contributed by atoms with Crippen LogP contribution in [-0.4, -0.2) is 56.2 Å². The fourth-order valence-corrected chi connectivity index (χ4v) is 3.49. The zero-order valence-electron chi connectivity index (χ0n) is 11.7. The first-order valence-corrected chi connectivity index (χ1v) is 8.00. The number of carboxylic acids is 1. The van der Waals surface area contributed by atoms with Gasteiger partial charge >= 0.3 is 5.97 Å². The van der Waals surface area contributed by atoms with Gasteiger partial charge in [-0.05, 0) is 12.1 Å². The van der Waals surface area contributed by atoms with Crippen molar-refractivity contribution >= 4 is 23.6 Å². The smallest absolute Gasteiger partial charge is 0.305 e. The lowest BCUT2D eigenvalue weighted by molar-refractivity contribution is -0.138. The summed E-state index contributed by atoms with van der Waals surface area (Å²) in [6.45, 7) is 0.532. The molecule has 22 heavy (non-hydrogen) atoms. The van der Waals surface area contributed by atoms with Crippen molar-refractivity contribution in [1.29, 1.82) is 0 Å². The van der Waals surface area contributed by atoms with Gasteiger partial charge in [-0.3, -0.25) is 14.7 Å². The Bertz CT molecular complexity index is 667. The Morgan fingerprint density at radius 1 is 1.55 bits per heavy atom. The number of carbonyl (C=O) groups excluding carboxylic acids is 1. The van der Waals surface area contributed by atoms with Gasteiger partial charge in [0.2, 0.25) is 0 Å². The average molecular weight is 321 g/mol. The predicted octanol–water partition coefficient (Wildman–Crippen LogP) is 1.70. The summed E-state index contributed by atoms with van der Waals surface area (Å²) in [6.07, 6.45) is 1.50. The molecule has 3 heterocycles. The first-order chi connectivity index (χ1) is 10.6. The molecule has 1 amide bonds. The molecular formula is C14H15N3O4S. The molecule has 0 saturated carbocycles. The Kier molecular flexibility index (Phi) is 4.19. The largest absolute Gasteiger partial charge is 0.481 e. The summed E-state index contributed by atoms with van der Waals surface area (Å²) in [6, 6.07) is 4.85. The monoisotopic (exact) mass is 321 g/mol. The van der Waals surface area contributed by atoms with Gasteiger partial charge in [0.25, 0.3) is 5.91 Å². The lowest BCUT2D eigenvalue weighted by atomic mass is 10.1. The second-order valence-electron chi connectivity index (χ2n) is 4.97. The quantitative estimate of drug-likeness (QED) is 0.889. The lowest BCUT2D eigenvalue weighted by Gasteiger charge is -2.34. The zero-order chi connectivity index (χ0) is 15.5. The van der Waals surface area contributed by atoms with Crippen LogP contribution in [0.2, 0.25) is 0 Å². The van der Waals surface area contributed by atoms with Crippen molar-refractivity contribution in [2.75, 3.05) is 18.1 Å². The summed E-state index contributed by atoms with van der Waals surface area (Å²) in [5, 5.41) is 15.8. The lowest BCUT2D eigenvalue weighted by Crippen LogP contribution is -2.47. The number of nitrogens with one attached hydrogen (secondary N) is 1. The third-order valence-electron chi connectivity index (χ3n) is 3.48. The Balaban J connectivity index is 1.78. The number of carboxylic acid groups (broad SMARTS) is 1. The summed E-state index contributed by atoms with van der Waals surface area (Å²) in [5.74, 6) is 0.886. The number of furan rings is 1. The van der Waals surface area contributed by atoms with E-state index in [4.69, 9.17) is 9.52 Å². The number of nitrogens with zero attached hydrogens (tertiary/aromatic N) is 2. The van der Waals surface area contributed by atoms with E-state index < -0.39 is 5.97 Å². The number of hydrogen-bond donors (Lipinski definition) is 2. The van der Waals surface area contributed by atoms with Crippen LogP contribution in [0, 0.1) is 0 Å². The zero-order valence-corrected chi connectivity index (χ0v) is 12.5. The van der Waals surface area contributed by atoms with Gasteiger partial charge in [-0.15, -0.1) is 0 Å². The highest BCUT2D eigenvalue weighted by molar-refractivity contribution is 7.99. The van der Waals surface area contributed by atoms with Crippen LogP contribution in [-0.2, 0) is 4.79 Å². The SMILES string of the molecule is O=C(O)CC1CSCCN1C(=O)c1cc(-c2ccco2)[nH]n1. The van der Waals surface area contributed by atoms with E-state index in [1.165, 1.54) is 0 Å². The van der Waals surface area contributed by atoms with E-state index in [-0.39, 0.29) is 24.1 Å². The van der Waals surface area contributed by atoms with Gasteiger partial charge in [0, 0.05) is 24.1 Å². The molecule has 2 N–H and O–H groups in total. The number of amides is 1. The molecule has 8 heteroatoms. The Hall–Kier alpha value is -2.22. The molecule has 3 rings (SSSR count). The molecule has 1 unspecified atom stereocenters.